The highest BCUT2D eigenvalue weighted by Crippen LogP contribution is 2.11. The monoisotopic (exact) mass is 207 g/mol. The third-order valence-corrected chi connectivity index (χ3v) is 3.80. The van der Waals surface area contributed by atoms with Crippen LogP contribution in [-0.4, -0.2) is 44.3 Å². The molecule has 5 nitrogen and oxygen atoms in total. The van der Waals surface area contributed by atoms with Gasteiger partial charge in [0.15, 0.2) is 0 Å². The maximum Gasteiger partial charge on any atom is 0.227 e. The average Bonchev–Trinajstić information content (AvgIpc) is 2.49. The molecule has 0 aliphatic carbocycles. The van der Waals surface area contributed by atoms with Crippen LogP contribution in [0, 0.1) is 0 Å². The van der Waals surface area contributed by atoms with Gasteiger partial charge in [0.2, 0.25) is 10.0 Å². The Morgan fingerprint density at radius 1 is 1.62 bits per heavy atom. The number of hydrogen-bond donors (Lipinski definition) is 2. The van der Waals surface area contributed by atoms with Crippen LogP contribution in [0.25, 0.3) is 0 Å². The van der Waals surface area contributed by atoms with Crippen molar-refractivity contribution in [3.8, 4) is 0 Å². The molecular weight excluding hydrogens is 190 g/mol. The number of nitrogens with zero attached hydrogens (tertiary/aromatic N) is 1. The molecule has 0 spiro atoms. The molecule has 0 saturated carbocycles. The Kier molecular flexibility index (Phi) is 3.66. The zero-order valence-corrected chi connectivity index (χ0v) is 8.68. The summed E-state index contributed by atoms with van der Waals surface area (Å²) in [5.41, 5.74) is 5.62. The first kappa shape index (κ1) is 10.9. The molecule has 1 heterocycles. The van der Waals surface area contributed by atoms with Gasteiger partial charge in [0, 0.05) is 19.1 Å². The van der Waals surface area contributed by atoms with Gasteiger partial charge in [-0.05, 0) is 13.0 Å². The van der Waals surface area contributed by atoms with Crippen molar-refractivity contribution in [2.45, 2.75) is 19.4 Å². The van der Waals surface area contributed by atoms with Gasteiger partial charge in [-0.3, -0.25) is 0 Å². The van der Waals surface area contributed by atoms with Crippen LogP contribution in [0.5, 0.6) is 0 Å². The molecule has 1 fully saturated rings. The summed E-state index contributed by atoms with van der Waals surface area (Å²) < 4.78 is 24.5. The van der Waals surface area contributed by atoms with Gasteiger partial charge < -0.3 is 11.1 Å². The lowest BCUT2D eigenvalue weighted by atomic mass is 10.3. The Morgan fingerprint density at radius 3 is 2.77 bits per heavy atom. The lowest BCUT2D eigenvalue weighted by Gasteiger charge is -2.15. The molecule has 0 aromatic heterocycles. The van der Waals surface area contributed by atoms with E-state index in [1.165, 1.54) is 4.31 Å². The van der Waals surface area contributed by atoms with Gasteiger partial charge in [-0.2, -0.15) is 4.31 Å². The fourth-order valence-electron chi connectivity index (χ4n) is 1.33. The quantitative estimate of drug-likeness (QED) is 0.614. The number of hydrogen-bond acceptors (Lipinski definition) is 4. The van der Waals surface area contributed by atoms with Crippen LogP contribution in [0.2, 0.25) is 0 Å². The summed E-state index contributed by atoms with van der Waals surface area (Å²) in [5, 5.41) is 2.81. The third-order valence-electron chi connectivity index (χ3n) is 2.12. The Balaban J connectivity index is 2.50. The molecule has 6 heteroatoms. The topological polar surface area (TPSA) is 75.4 Å². The van der Waals surface area contributed by atoms with Crippen LogP contribution in [0.1, 0.15) is 13.3 Å². The Hall–Kier alpha value is -0.170. The second kappa shape index (κ2) is 4.36. The zero-order valence-electron chi connectivity index (χ0n) is 7.86. The summed E-state index contributed by atoms with van der Waals surface area (Å²) in [4.78, 5) is 0. The molecule has 1 atom stereocenters. The van der Waals surface area contributed by atoms with E-state index >= 15 is 0 Å². The molecule has 1 saturated heterocycles. The van der Waals surface area contributed by atoms with Crippen molar-refractivity contribution in [1.82, 2.24) is 9.62 Å². The van der Waals surface area contributed by atoms with E-state index < -0.39 is 10.0 Å². The van der Waals surface area contributed by atoms with Crippen LogP contribution < -0.4 is 11.1 Å². The first-order valence-electron chi connectivity index (χ1n) is 4.50. The van der Waals surface area contributed by atoms with Gasteiger partial charge in [-0.25, -0.2) is 8.42 Å². The summed E-state index contributed by atoms with van der Waals surface area (Å²) in [6, 6.07) is 0.0106. The third kappa shape index (κ3) is 2.91. The molecule has 3 N–H and O–H groups in total. The second-order valence-electron chi connectivity index (χ2n) is 3.27. The predicted molar refractivity (Wildman–Crippen MR) is 51.6 cm³/mol. The van der Waals surface area contributed by atoms with Crippen LogP contribution in [0.3, 0.4) is 0 Å². The molecule has 1 rings (SSSR count). The van der Waals surface area contributed by atoms with Gasteiger partial charge in [-0.15, -0.1) is 0 Å². The van der Waals surface area contributed by atoms with Crippen LogP contribution in [0.4, 0.5) is 0 Å². The molecule has 0 unspecified atom stereocenters. The van der Waals surface area contributed by atoms with E-state index in [9.17, 15) is 8.42 Å². The fraction of sp³-hybridized carbons (Fsp3) is 1.00. The first-order valence-corrected chi connectivity index (χ1v) is 6.11. The van der Waals surface area contributed by atoms with E-state index in [1.807, 2.05) is 6.92 Å². The molecule has 0 bridgehead atoms. The number of sulfonamides is 1. The fourth-order valence-corrected chi connectivity index (χ4v) is 2.78. The highest BCUT2D eigenvalue weighted by molar-refractivity contribution is 7.89. The van der Waals surface area contributed by atoms with E-state index in [2.05, 4.69) is 5.32 Å². The summed E-state index contributed by atoms with van der Waals surface area (Å²) in [6.45, 7) is 3.58. The summed E-state index contributed by atoms with van der Waals surface area (Å²) in [7, 11) is -3.11. The molecule has 0 radical (unpaired) electrons. The predicted octanol–water partition coefficient (Wildman–Crippen LogP) is -1.08. The standard InChI is InChI=1S/C7H17N3O2S/c1-2-9-6-13(11,12)10-4-3-7(8)5-10/h7,9H,2-6,8H2,1H3/t7-/m0/s1. The molecule has 13 heavy (non-hydrogen) atoms. The number of nitrogens with one attached hydrogen (secondary N) is 1. The van der Waals surface area contributed by atoms with E-state index in [1.54, 1.807) is 0 Å². The Labute approximate surface area is 79.3 Å². The Bertz CT molecular complexity index is 252. The zero-order chi connectivity index (χ0) is 9.90. The van der Waals surface area contributed by atoms with Crippen LogP contribution >= 0.6 is 0 Å². The lowest BCUT2D eigenvalue weighted by molar-refractivity contribution is 0.468. The van der Waals surface area contributed by atoms with E-state index in [0.717, 1.165) is 6.42 Å². The molecule has 0 aromatic carbocycles. The van der Waals surface area contributed by atoms with E-state index in [4.69, 9.17) is 5.73 Å². The van der Waals surface area contributed by atoms with Crippen molar-refractivity contribution in [3.05, 3.63) is 0 Å². The molecule has 78 valence electrons. The number of nitrogens with two attached hydrogens (primary N) is 1. The first-order chi connectivity index (χ1) is 6.06. The molecule has 0 amide bonds. The van der Waals surface area contributed by atoms with Crippen molar-refractivity contribution < 1.29 is 8.42 Å². The SMILES string of the molecule is CCNCS(=O)(=O)N1CC[C@H](N)C1. The normalized spacial score (nSPS) is 25.2. The summed E-state index contributed by atoms with van der Waals surface area (Å²) in [5.74, 6) is 0.0240. The highest BCUT2D eigenvalue weighted by atomic mass is 32.2. The largest absolute Gasteiger partial charge is 0.326 e. The van der Waals surface area contributed by atoms with E-state index in [-0.39, 0.29) is 11.9 Å². The maximum absolute atomic E-state index is 11.5. The van der Waals surface area contributed by atoms with Gasteiger partial charge in [0.1, 0.15) is 5.88 Å². The average molecular weight is 207 g/mol. The molecule has 0 aromatic rings. The van der Waals surface area contributed by atoms with Crippen molar-refractivity contribution in [1.29, 1.82) is 0 Å². The summed E-state index contributed by atoms with van der Waals surface area (Å²) >= 11 is 0. The second-order valence-corrected chi connectivity index (χ2v) is 5.24. The van der Waals surface area contributed by atoms with Gasteiger partial charge >= 0.3 is 0 Å². The minimum Gasteiger partial charge on any atom is -0.326 e. The summed E-state index contributed by atoms with van der Waals surface area (Å²) in [6.07, 6.45) is 0.769. The van der Waals surface area contributed by atoms with E-state index in [0.29, 0.717) is 19.6 Å². The van der Waals surface area contributed by atoms with Crippen LogP contribution in [0.15, 0.2) is 0 Å². The van der Waals surface area contributed by atoms with Gasteiger partial charge in [0.25, 0.3) is 0 Å². The number of rotatable bonds is 4. The minimum absolute atomic E-state index is 0.0106. The maximum atomic E-state index is 11.5. The smallest absolute Gasteiger partial charge is 0.227 e. The van der Waals surface area contributed by atoms with Crippen molar-refractivity contribution in [2.24, 2.45) is 5.73 Å². The molecular formula is C7H17N3O2S. The van der Waals surface area contributed by atoms with Crippen molar-refractivity contribution in [2.75, 3.05) is 25.5 Å². The minimum atomic E-state index is -3.11. The Morgan fingerprint density at radius 2 is 2.31 bits per heavy atom. The van der Waals surface area contributed by atoms with Crippen LogP contribution in [-0.2, 0) is 10.0 Å². The highest BCUT2D eigenvalue weighted by Gasteiger charge is 2.28. The molecule has 1 aliphatic rings. The van der Waals surface area contributed by atoms with Crippen molar-refractivity contribution >= 4 is 10.0 Å². The van der Waals surface area contributed by atoms with Gasteiger partial charge in [-0.1, -0.05) is 6.92 Å². The molecule has 1 aliphatic heterocycles. The van der Waals surface area contributed by atoms with Crippen molar-refractivity contribution in [3.63, 3.8) is 0 Å². The lowest BCUT2D eigenvalue weighted by Crippen LogP contribution is -2.37. The van der Waals surface area contributed by atoms with Gasteiger partial charge in [0.05, 0.1) is 0 Å².